The van der Waals surface area contributed by atoms with Gasteiger partial charge in [-0.3, -0.25) is 9.80 Å². The first-order chi connectivity index (χ1) is 18.9. The highest BCUT2D eigenvalue weighted by Crippen LogP contribution is 2.30. The normalized spacial score (nSPS) is 11.9. The molecule has 0 saturated carbocycles. The number of phenols is 3. The molecule has 3 N–H and O–H groups in total. The van der Waals surface area contributed by atoms with Gasteiger partial charge in [0.2, 0.25) is 0 Å². The van der Waals surface area contributed by atoms with Gasteiger partial charge in [0.05, 0.1) is 0 Å². The smallest absolute Gasteiger partial charge is 0.124 e. The minimum Gasteiger partial charge on any atom is -0.508 e. The molecule has 40 heavy (non-hydrogen) atoms. The van der Waals surface area contributed by atoms with E-state index in [1.807, 2.05) is 64.6 Å². The van der Waals surface area contributed by atoms with Gasteiger partial charge in [0.15, 0.2) is 0 Å². The molecule has 0 aliphatic rings. The quantitative estimate of drug-likeness (QED) is 0.200. The van der Waals surface area contributed by atoms with E-state index in [0.717, 1.165) is 62.9 Å². The summed E-state index contributed by atoms with van der Waals surface area (Å²) in [6.07, 6.45) is 0. The van der Waals surface area contributed by atoms with Crippen LogP contribution in [0.15, 0.2) is 57.5 Å². The molecule has 0 unspecified atom stereocenters. The predicted octanol–water partition coefficient (Wildman–Crippen LogP) is 5.76. The Morgan fingerprint density at radius 1 is 0.550 bits per heavy atom. The molecule has 0 fully saturated rings. The Bertz CT molecular complexity index is 1180. The maximum atomic E-state index is 11.5. The van der Waals surface area contributed by atoms with Crippen LogP contribution in [0.3, 0.4) is 0 Å². The van der Waals surface area contributed by atoms with Crippen molar-refractivity contribution in [3.63, 3.8) is 0 Å². The van der Waals surface area contributed by atoms with Gasteiger partial charge in [-0.1, -0.05) is 49.6 Å². The molecule has 0 saturated heterocycles. The molecule has 218 valence electrons. The summed E-state index contributed by atoms with van der Waals surface area (Å²) >= 11 is 7.04. The molecule has 0 spiro atoms. The standard InChI is InChI=1S/C31H42Br2N4O3/c1-22-14-25(20-36(12-10-34(2)3)18-23-16-27(32)6-8-29(23)38)31(40)26(15-22)21-37(13-11-35(4)5)19-24-17-28(33)7-9-30(24)39/h6-9,14-17,38-40H,10-13,18-21H2,1-5H3. The van der Waals surface area contributed by atoms with Crippen molar-refractivity contribution in [3.05, 3.63) is 85.3 Å². The zero-order valence-corrected chi connectivity index (χ0v) is 27.3. The highest BCUT2D eigenvalue weighted by atomic mass is 79.9. The Morgan fingerprint density at radius 3 is 1.30 bits per heavy atom. The molecule has 0 aromatic heterocycles. The van der Waals surface area contributed by atoms with Crippen LogP contribution in [0.2, 0.25) is 0 Å². The van der Waals surface area contributed by atoms with Gasteiger partial charge in [-0.2, -0.15) is 0 Å². The van der Waals surface area contributed by atoms with Crippen molar-refractivity contribution in [1.82, 2.24) is 19.6 Å². The molecule has 3 aromatic carbocycles. The van der Waals surface area contributed by atoms with Crippen molar-refractivity contribution in [2.45, 2.75) is 33.1 Å². The van der Waals surface area contributed by atoms with Crippen LogP contribution in [0.4, 0.5) is 0 Å². The van der Waals surface area contributed by atoms with Gasteiger partial charge >= 0.3 is 0 Å². The van der Waals surface area contributed by atoms with E-state index >= 15 is 0 Å². The van der Waals surface area contributed by atoms with Crippen LogP contribution in [-0.4, -0.2) is 89.3 Å². The number of nitrogens with zero attached hydrogens (tertiary/aromatic N) is 4. The summed E-state index contributed by atoms with van der Waals surface area (Å²) in [7, 11) is 8.18. The van der Waals surface area contributed by atoms with Crippen LogP contribution in [0.25, 0.3) is 0 Å². The summed E-state index contributed by atoms with van der Waals surface area (Å²) in [6, 6.07) is 15.1. The average Bonchev–Trinajstić information content (AvgIpc) is 2.88. The van der Waals surface area contributed by atoms with Crippen LogP contribution in [0, 0.1) is 6.92 Å². The fourth-order valence-electron chi connectivity index (χ4n) is 4.61. The molecule has 3 aromatic rings. The van der Waals surface area contributed by atoms with Crippen LogP contribution in [0.5, 0.6) is 17.2 Å². The fourth-order valence-corrected chi connectivity index (χ4v) is 5.43. The number of benzene rings is 3. The van der Waals surface area contributed by atoms with Crippen molar-refractivity contribution in [2.24, 2.45) is 0 Å². The molecule has 3 rings (SSSR count). The van der Waals surface area contributed by atoms with E-state index in [1.165, 1.54) is 0 Å². The first-order valence-electron chi connectivity index (χ1n) is 13.4. The molecular weight excluding hydrogens is 636 g/mol. The number of aryl methyl sites for hydroxylation is 1. The minimum absolute atomic E-state index is 0.263. The lowest BCUT2D eigenvalue weighted by molar-refractivity contribution is 0.216. The number of phenolic OH excluding ortho intramolecular Hbond substituents is 3. The third-order valence-electron chi connectivity index (χ3n) is 6.80. The Kier molecular flexibility index (Phi) is 12.3. The molecule has 9 heteroatoms. The Labute approximate surface area is 255 Å². The maximum Gasteiger partial charge on any atom is 0.124 e. The van der Waals surface area contributed by atoms with E-state index in [0.29, 0.717) is 31.9 Å². The van der Waals surface area contributed by atoms with Gasteiger partial charge in [-0.15, -0.1) is 0 Å². The lowest BCUT2D eigenvalue weighted by Gasteiger charge is -2.27. The van der Waals surface area contributed by atoms with E-state index < -0.39 is 0 Å². The third-order valence-corrected chi connectivity index (χ3v) is 7.78. The minimum atomic E-state index is 0.263. The van der Waals surface area contributed by atoms with E-state index in [4.69, 9.17) is 0 Å². The van der Waals surface area contributed by atoms with E-state index in [1.54, 1.807) is 12.1 Å². The first-order valence-corrected chi connectivity index (χ1v) is 15.0. The van der Waals surface area contributed by atoms with E-state index in [2.05, 4.69) is 58.4 Å². The molecule has 0 bridgehead atoms. The van der Waals surface area contributed by atoms with Crippen molar-refractivity contribution < 1.29 is 15.3 Å². The van der Waals surface area contributed by atoms with Gasteiger partial charge < -0.3 is 25.1 Å². The summed E-state index contributed by atoms with van der Waals surface area (Å²) in [5.41, 5.74) is 4.48. The van der Waals surface area contributed by atoms with Crippen molar-refractivity contribution in [3.8, 4) is 17.2 Å². The van der Waals surface area contributed by atoms with Crippen LogP contribution in [0.1, 0.15) is 27.8 Å². The molecule has 0 aliphatic heterocycles. The molecular formula is C31H42Br2N4O3. The summed E-state index contributed by atoms with van der Waals surface area (Å²) in [5.74, 6) is 0.825. The van der Waals surface area contributed by atoms with Crippen molar-refractivity contribution in [1.29, 1.82) is 0 Å². The monoisotopic (exact) mass is 676 g/mol. The fraction of sp³-hybridized carbons (Fsp3) is 0.419. The number of hydrogen-bond donors (Lipinski definition) is 3. The molecule has 0 atom stereocenters. The molecule has 0 heterocycles. The summed E-state index contributed by atoms with van der Waals surface area (Å²) in [4.78, 5) is 8.77. The van der Waals surface area contributed by atoms with Gasteiger partial charge in [0, 0.05) is 83.6 Å². The Morgan fingerprint density at radius 2 is 0.925 bits per heavy atom. The van der Waals surface area contributed by atoms with Crippen LogP contribution in [-0.2, 0) is 26.2 Å². The van der Waals surface area contributed by atoms with Gasteiger partial charge in [-0.25, -0.2) is 0 Å². The molecule has 7 nitrogen and oxygen atoms in total. The topological polar surface area (TPSA) is 73.7 Å². The second-order valence-electron chi connectivity index (χ2n) is 11.0. The van der Waals surface area contributed by atoms with E-state index in [9.17, 15) is 15.3 Å². The second-order valence-corrected chi connectivity index (χ2v) is 12.8. The van der Waals surface area contributed by atoms with Crippen molar-refractivity contribution in [2.75, 3.05) is 54.4 Å². The van der Waals surface area contributed by atoms with Crippen LogP contribution < -0.4 is 0 Å². The van der Waals surface area contributed by atoms with Crippen LogP contribution >= 0.6 is 31.9 Å². The number of rotatable bonds is 14. The number of hydrogen-bond acceptors (Lipinski definition) is 7. The lowest BCUT2D eigenvalue weighted by Crippen LogP contribution is -2.32. The third kappa shape index (κ3) is 10.0. The Hall–Kier alpha value is -2.14. The zero-order valence-electron chi connectivity index (χ0n) is 24.2. The summed E-state index contributed by atoms with van der Waals surface area (Å²) in [6.45, 7) is 7.51. The van der Waals surface area contributed by atoms with Gasteiger partial charge in [-0.05, 0) is 71.5 Å². The summed E-state index contributed by atoms with van der Waals surface area (Å²) in [5, 5.41) is 32.5. The SMILES string of the molecule is Cc1cc(CN(CCN(C)C)Cc2cc(Br)ccc2O)c(O)c(CN(CCN(C)C)Cc2cc(Br)ccc2O)c1. The average molecular weight is 679 g/mol. The lowest BCUT2D eigenvalue weighted by atomic mass is 10.0. The number of likely N-dealkylation sites (N-methyl/N-ethyl adjacent to an activating group) is 2. The van der Waals surface area contributed by atoms with E-state index in [-0.39, 0.29) is 11.5 Å². The number of aromatic hydroxyl groups is 3. The molecule has 0 radical (unpaired) electrons. The highest BCUT2D eigenvalue weighted by Gasteiger charge is 2.18. The zero-order chi connectivity index (χ0) is 29.4. The first kappa shape index (κ1) is 32.4. The van der Waals surface area contributed by atoms with Gasteiger partial charge in [0.25, 0.3) is 0 Å². The highest BCUT2D eigenvalue weighted by molar-refractivity contribution is 9.10. The Balaban J connectivity index is 1.88. The molecule has 0 amide bonds. The van der Waals surface area contributed by atoms with Crippen molar-refractivity contribution >= 4 is 31.9 Å². The predicted molar refractivity (Wildman–Crippen MR) is 170 cm³/mol. The largest absolute Gasteiger partial charge is 0.508 e. The molecule has 0 aliphatic carbocycles. The van der Waals surface area contributed by atoms with Gasteiger partial charge in [0.1, 0.15) is 17.2 Å². The second kappa shape index (κ2) is 15.2. The summed E-state index contributed by atoms with van der Waals surface area (Å²) < 4.78 is 1.84. The maximum absolute atomic E-state index is 11.5. The number of halogens is 2.